The fourth-order valence-corrected chi connectivity index (χ4v) is 3.76. The molecule has 7 heteroatoms. The lowest BCUT2D eigenvalue weighted by atomic mass is 9.94. The second kappa shape index (κ2) is 6.90. The monoisotopic (exact) mass is 349 g/mol. The molecule has 0 radical (unpaired) electrons. The van der Waals surface area contributed by atoms with E-state index >= 15 is 0 Å². The Morgan fingerprint density at radius 3 is 2.68 bits per heavy atom. The number of phenolic OH excluding ortho intramolecular Hbond substituents is 1. The molecule has 3 saturated heterocycles. The summed E-state index contributed by atoms with van der Waals surface area (Å²) in [7, 11) is 3.47. The van der Waals surface area contributed by atoms with Gasteiger partial charge in [0.15, 0.2) is 11.6 Å². The van der Waals surface area contributed by atoms with E-state index in [0.717, 1.165) is 12.8 Å². The molecule has 1 N–H and O–H groups in total. The number of hydrogen-bond acceptors (Lipinski definition) is 3. The van der Waals surface area contributed by atoms with Gasteiger partial charge >= 0.3 is 6.03 Å². The summed E-state index contributed by atoms with van der Waals surface area (Å²) >= 11 is 0. The number of carbonyl (C=O) groups excluding carboxylic acids is 2. The Kier molecular flexibility index (Phi) is 4.83. The highest BCUT2D eigenvalue weighted by molar-refractivity contribution is 5.80. The number of carbonyl (C=O) groups is 2. The molecule has 2 bridgehead atoms. The van der Waals surface area contributed by atoms with Crippen molar-refractivity contribution in [3.63, 3.8) is 0 Å². The Labute approximate surface area is 146 Å². The Morgan fingerprint density at radius 1 is 1.24 bits per heavy atom. The molecule has 3 aliphatic rings. The van der Waals surface area contributed by atoms with Gasteiger partial charge in [-0.2, -0.15) is 0 Å². The van der Waals surface area contributed by atoms with Crippen LogP contribution in [-0.2, 0) is 11.2 Å². The maximum absolute atomic E-state index is 13.5. The van der Waals surface area contributed by atoms with Crippen molar-refractivity contribution in [2.24, 2.45) is 5.92 Å². The Morgan fingerprint density at radius 2 is 2.00 bits per heavy atom. The maximum atomic E-state index is 13.5. The first kappa shape index (κ1) is 17.5. The second-order valence-corrected chi connectivity index (χ2v) is 7.19. The van der Waals surface area contributed by atoms with Crippen molar-refractivity contribution >= 4 is 11.9 Å². The standard InChI is InChI=1S/C18H24FN3O3/c1-20(2)18(25)21-9-13-3-5-14(11-21)22(10-13)17(24)8-12-4-6-16(23)15(19)7-12/h4,6-7,13-14,23H,3,5,8-11H2,1-2H3/t13-,14+/m1/s1. The molecule has 0 spiro atoms. The minimum atomic E-state index is -0.717. The number of halogens is 1. The van der Waals surface area contributed by atoms with Gasteiger partial charge in [-0.3, -0.25) is 4.79 Å². The predicted octanol–water partition coefficient (Wildman–Crippen LogP) is 1.68. The van der Waals surface area contributed by atoms with E-state index in [9.17, 15) is 19.1 Å². The van der Waals surface area contributed by atoms with Crippen molar-refractivity contribution < 1.29 is 19.1 Å². The van der Waals surface area contributed by atoms with Crippen molar-refractivity contribution in [2.45, 2.75) is 25.3 Å². The number of aromatic hydroxyl groups is 1. The lowest BCUT2D eigenvalue weighted by Gasteiger charge is -2.36. The van der Waals surface area contributed by atoms with Gasteiger partial charge in [0.1, 0.15) is 0 Å². The van der Waals surface area contributed by atoms with Gasteiger partial charge in [-0.05, 0) is 36.5 Å². The highest BCUT2D eigenvalue weighted by Gasteiger charge is 2.38. The summed E-state index contributed by atoms with van der Waals surface area (Å²) in [4.78, 5) is 30.3. The first-order valence-corrected chi connectivity index (χ1v) is 8.58. The zero-order valence-electron chi connectivity index (χ0n) is 14.6. The quantitative estimate of drug-likeness (QED) is 0.884. The molecule has 3 aliphatic heterocycles. The molecular weight excluding hydrogens is 325 g/mol. The van der Waals surface area contributed by atoms with Gasteiger partial charge in [-0.1, -0.05) is 6.07 Å². The molecule has 0 saturated carbocycles. The van der Waals surface area contributed by atoms with Crippen molar-refractivity contribution in [2.75, 3.05) is 33.7 Å². The van der Waals surface area contributed by atoms with Crippen molar-refractivity contribution in [3.05, 3.63) is 29.6 Å². The maximum Gasteiger partial charge on any atom is 0.319 e. The Balaban J connectivity index is 1.71. The highest BCUT2D eigenvalue weighted by atomic mass is 19.1. The number of phenols is 1. The summed E-state index contributed by atoms with van der Waals surface area (Å²) in [5.41, 5.74) is 0.543. The molecule has 2 atom stereocenters. The van der Waals surface area contributed by atoms with Crippen LogP contribution >= 0.6 is 0 Å². The fourth-order valence-electron chi connectivity index (χ4n) is 3.76. The summed E-state index contributed by atoms with van der Waals surface area (Å²) in [5, 5.41) is 9.26. The van der Waals surface area contributed by atoms with Crippen LogP contribution in [0.5, 0.6) is 5.75 Å². The lowest BCUT2D eigenvalue weighted by Crippen LogP contribution is -2.49. The van der Waals surface area contributed by atoms with E-state index in [0.29, 0.717) is 25.2 Å². The minimum Gasteiger partial charge on any atom is -0.505 e. The van der Waals surface area contributed by atoms with E-state index in [2.05, 4.69) is 0 Å². The molecule has 3 amide bonds. The number of nitrogens with zero attached hydrogens (tertiary/aromatic N) is 3. The van der Waals surface area contributed by atoms with E-state index in [-0.39, 0.29) is 30.3 Å². The van der Waals surface area contributed by atoms with Crippen LogP contribution < -0.4 is 0 Å². The molecule has 1 aromatic rings. The van der Waals surface area contributed by atoms with Crippen LogP contribution in [-0.4, -0.2) is 71.5 Å². The zero-order valence-corrected chi connectivity index (χ0v) is 14.6. The Hall–Kier alpha value is -2.31. The molecule has 25 heavy (non-hydrogen) atoms. The second-order valence-electron chi connectivity index (χ2n) is 7.19. The Bertz CT molecular complexity index is 680. The van der Waals surface area contributed by atoms with Crippen LogP contribution in [0.3, 0.4) is 0 Å². The van der Waals surface area contributed by atoms with Crippen LogP contribution in [0.2, 0.25) is 0 Å². The molecule has 6 nitrogen and oxygen atoms in total. The number of rotatable bonds is 2. The van der Waals surface area contributed by atoms with Gasteiger partial charge < -0.3 is 19.8 Å². The average molecular weight is 349 g/mol. The average Bonchev–Trinajstić information content (AvgIpc) is 2.89. The largest absolute Gasteiger partial charge is 0.505 e. The molecule has 3 heterocycles. The summed E-state index contributed by atoms with van der Waals surface area (Å²) in [6.45, 7) is 1.86. The molecule has 1 aromatic carbocycles. The molecule has 3 fully saturated rings. The van der Waals surface area contributed by atoms with Gasteiger partial charge in [-0.25, -0.2) is 9.18 Å². The first-order chi connectivity index (χ1) is 11.8. The van der Waals surface area contributed by atoms with Gasteiger partial charge in [0, 0.05) is 39.8 Å². The SMILES string of the molecule is CN(C)C(=O)N1C[C@H]2CC[C@@H](C1)N(C(=O)Cc1ccc(O)c(F)c1)C2. The normalized spacial score (nSPS) is 22.7. The summed E-state index contributed by atoms with van der Waals surface area (Å²) < 4.78 is 13.5. The number of amides is 3. The van der Waals surface area contributed by atoms with E-state index in [4.69, 9.17) is 0 Å². The van der Waals surface area contributed by atoms with Crippen LogP contribution in [0.25, 0.3) is 0 Å². The minimum absolute atomic E-state index is 0.0112. The number of urea groups is 1. The first-order valence-electron chi connectivity index (χ1n) is 8.58. The zero-order chi connectivity index (χ0) is 18.1. The molecule has 0 aromatic heterocycles. The number of fused-ring (bicyclic) bond motifs is 4. The van der Waals surface area contributed by atoms with Gasteiger partial charge in [0.2, 0.25) is 5.91 Å². The van der Waals surface area contributed by atoms with Gasteiger partial charge in [0.25, 0.3) is 0 Å². The van der Waals surface area contributed by atoms with Gasteiger partial charge in [-0.15, -0.1) is 0 Å². The number of hydrogen-bond donors (Lipinski definition) is 1. The van der Waals surface area contributed by atoms with Crippen molar-refractivity contribution in [3.8, 4) is 5.75 Å². The predicted molar refractivity (Wildman–Crippen MR) is 90.6 cm³/mol. The van der Waals surface area contributed by atoms with E-state index in [1.165, 1.54) is 12.1 Å². The van der Waals surface area contributed by atoms with Crippen LogP contribution in [0.4, 0.5) is 9.18 Å². The molecular formula is C18H24FN3O3. The van der Waals surface area contributed by atoms with Crippen LogP contribution in [0.15, 0.2) is 18.2 Å². The molecule has 0 aliphatic carbocycles. The molecule has 4 rings (SSSR count). The smallest absolute Gasteiger partial charge is 0.319 e. The van der Waals surface area contributed by atoms with E-state index < -0.39 is 11.6 Å². The topological polar surface area (TPSA) is 64.1 Å². The summed E-state index contributed by atoms with van der Waals surface area (Å²) in [6, 6.07) is 4.02. The third kappa shape index (κ3) is 3.70. The van der Waals surface area contributed by atoms with Crippen LogP contribution in [0.1, 0.15) is 18.4 Å². The van der Waals surface area contributed by atoms with Crippen molar-refractivity contribution in [1.29, 1.82) is 0 Å². The third-order valence-corrected chi connectivity index (χ3v) is 5.05. The summed E-state index contributed by atoms with van der Waals surface area (Å²) in [6.07, 6.45) is 2.00. The number of benzene rings is 1. The van der Waals surface area contributed by atoms with Gasteiger partial charge in [0.05, 0.1) is 6.42 Å². The van der Waals surface area contributed by atoms with Crippen molar-refractivity contribution in [1.82, 2.24) is 14.7 Å². The highest BCUT2D eigenvalue weighted by Crippen LogP contribution is 2.29. The van der Waals surface area contributed by atoms with E-state index in [1.54, 1.807) is 25.1 Å². The summed E-state index contributed by atoms with van der Waals surface area (Å²) in [5.74, 6) is -0.907. The molecule has 136 valence electrons. The third-order valence-electron chi connectivity index (χ3n) is 5.05. The lowest BCUT2D eigenvalue weighted by molar-refractivity contribution is -0.134. The van der Waals surface area contributed by atoms with Crippen LogP contribution in [0, 0.1) is 11.7 Å². The molecule has 0 unspecified atom stereocenters. The van der Waals surface area contributed by atoms with E-state index in [1.807, 2.05) is 9.80 Å². The fraction of sp³-hybridized carbons (Fsp3) is 0.556. The number of piperidine rings is 1.